The monoisotopic (exact) mass is 309 g/mol. The third-order valence-electron chi connectivity index (χ3n) is 2.54. The van der Waals surface area contributed by atoms with Gasteiger partial charge in [-0.05, 0) is 41.1 Å². The molecule has 18 heavy (non-hydrogen) atoms. The third kappa shape index (κ3) is 3.61. The molecule has 0 atom stereocenters. The van der Waals surface area contributed by atoms with Crippen molar-refractivity contribution in [2.45, 2.75) is 26.4 Å². The number of hydrogen-bond acceptors (Lipinski definition) is 4. The minimum atomic E-state index is 0.690. The number of nitrogens with zero attached hydrogens (tertiary/aromatic N) is 4. The molecular formula is C12H16BrN5. The molecule has 0 aliphatic heterocycles. The summed E-state index contributed by atoms with van der Waals surface area (Å²) in [5.41, 5.74) is 1.17. The van der Waals surface area contributed by atoms with Crippen LogP contribution in [0.25, 0.3) is 0 Å². The molecule has 0 unspecified atom stereocenters. The maximum Gasteiger partial charge on any atom is 0.165 e. The molecule has 0 fully saturated rings. The Morgan fingerprint density at radius 1 is 1.39 bits per heavy atom. The van der Waals surface area contributed by atoms with Gasteiger partial charge in [-0.2, -0.15) is 0 Å². The van der Waals surface area contributed by atoms with Crippen molar-refractivity contribution in [1.29, 1.82) is 0 Å². The molecule has 0 saturated heterocycles. The topological polar surface area (TPSA) is 55.6 Å². The van der Waals surface area contributed by atoms with E-state index in [0.717, 1.165) is 23.3 Å². The van der Waals surface area contributed by atoms with Crippen molar-refractivity contribution in [2.24, 2.45) is 0 Å². The average molecular weight is 310 g/mol. The minimum Gasteiger partial charge on any atom is -0.310 e. The minimum absolute atomic E-state index is 0.690. The van der Waals surface area contributed by atoms with E-state index in [9.17, 15) is 0 Å². The zero-order valence-electron chi connectivity index (χ0n) is 10.3. The fourth-order valence-corrected chi connectivity index (χ4v) is 2.10. The highest BCUT2D eigenvalue weighted by Crippen LogP contribution is 2.12. The number of nitrogens with one attached hydrogen (secondary N) is 1. The molecule has 2 rings (SSSR count). The first-order chi connectivity index (χ1) is 8.79. The van der Waals surface area contributed by atoms with Crippen LogP contribution < -0.4 is 5.32 Å². The lowest BCUT2D eigenvalue weighted by molar-refractivity contribution is 0.577. The summed E-state index contributed by atoms with van der Waals surface area (Å²) in [6, 6.07) is 8.16. The van der Waals surface area contributed by atoms with Crippen molar-refractivity contribution >= 4 is 15.9 Å². The predicted molar refractivity (Wildman–Crippen MR) is 73.1 cm³/mol. The third-order valence-corrected chi connectivity index (χ3v) is 3.03. The number of halogens is 1. The van der Waals surface area contributed by atoms with E-state index in [-0.39, 0.29) is 0 Å². The van der Waals surface area contributed by atoms with Crippen LogP contribution in [0.5, 0.6) is 0 Å². The summed E-state index contributed by atoms with van der Waals surface area (Å²) in [5, 5.41) is 15.1. The quantitative estimate of drug-likeness (QED) is 0.829. The number of rotatable bonds is 6. The van der Waals surface area contributed by atoms with Crippen molar-refractivity contribution in [1.82, 2.24) is 25.5 Å². The Morgan fingerprint density at radius 3 is 3.06 bits per heavy atom. The van der Waals surface area contributed by atoms with E-state index in [4.69, 9.17) is 0 Å². The van der Waals surface area contributed by atoms with Crippen LogP contribution >= 0.6 is 15.9 Å². The number of benzene rings is 1. The normalized spacial score (nSPS) is 10.8. The van der Waals surface area contributed by atoms with E-state index in [2.05, 4.69) is 55.8 Å². The molecule has 0 aliphatic rings. The molecule has 0 amide bonds. The van der Waals surface area contributed by atoms with Crippen LogP contribution in [0, 0.1) is 0 Å². The lowest BCUT2D eigenvalue weighted by Crippen LogP contribution is -2.18. The van der Waals surface area contributed by atoms with E-state index < -0.39 is 0 Å². The summed E-state index contributed by atoms with van der Waals surface area (Å²) in [5.74, 6) is 0.864. The van der Waals surface area contributed by atoms with Crippen molar-refractivity contribution in [2.75, 3.05) is 6.54 Å². The van der Waals surface area contributed by atoms with Gasteiger partial charge in [-0.25, -0.2) is 4.68 Å². The second-order valence-electron chi connectivity index (χ2n) is 4.06. The zero-order chi connectivity index (χ0) is 12.8. The van der Waals surface area contributed by atoms with E-state index in [1.54, 1.807) is 0 Å². The molecule has 0 aliphatic carbocycles. The molecule has 6 heteroatoms. The van der Waals surface area contributed by atoms with Gasteiger partial charge in [0.1, 0.15) is 0 Å². The first kappa shape index (κ1) is 13.2. The first-order valence-corrected chi connectivity index (χ1v) is 6.79. The summed E-state index contributed by atoms with van der Waals surface area (Å²) in [4.78, 5) is 0. The van der Waals surface area contributed by atoms with Crippen molar-refractivity contribution < 1.29 is 0 Å². The van der Waals surface area contributed by atoms with Gasteiger partial charge >= 0.3 is 0 Å². The van der Waals surface area contributed by atoms with Gasteiger partial charge < -0.3 is 5.32 Å². The molecule has 1 aromatic heterocycles. The van der Waals surface area contributed by atoms with E-state index in [0.29, 0.717) is 13.1 Å². The van der Waals surface area contributed by atoms with Crippen LogP contribution in [0.1, 0.15) is 24.7 Å². The van der Waals surface area contributed by atoms with Crippen molar-refractivity contribution in [3.63, 3.8) is 0 Å². The highest BCUT2D eigenvalue weighted by molar-refractivity contribution is 9.10. The first-order valence-electron chi connectivity index (χ1n) is 6.00. The van der Waals surface area contributed by atoms with Crippen LogP contribution in [0.15, 0.2) is 28.7 Å². The van der Waals surface area contributed by atoms with Gasteiger partial charge in [-0.1, -0.05) is 35.0 Å². The van der Waals surface area contributed by atoms with Crippen molar-refractivity contribution in [3.8, 4) is 0 Å². The summed E-state index contributed by atoms with van der Waals surface area (Å²) >= 11 is 3.46. The van der Waals surface area contributed by atoms with Crippen LogP contribution in [0.3, 0.4) is 0 Å². The standard InChI is InChI=1S/C12H16BrN5/c1-2-6-14-8-12-15-16-17-18(12)9-10-4-3-5-11(13)7-10/h3-5,7,14H,2,6,8-9H2,1H3. The van der Waals surface area contributed by atoms with Gasteiger partial charge in [0, 0.05) is 4.47 Å². The maximum absolute atomic E-state index is 4.03. The van der Waals surface area contributed by atoms with E-state index in [1.165, 1.54) is 5.56 Å². The lowest BCUT2D eigenvalue weighted by Gasteiger charge is -2.06. The fraction of sp³-hybridized carbons (Fsp3) is 0.417. The lowest BCUT2D eigenvalue weighted by atomic mass is 10.2. The van der Waals surface area contributed by atoms with Crippen molar-refractivity contribution in [3.05, 3.63) is 40.1 Å². The Bertz CT molecular complexity index is 497. The molecule has 0 spiro atoms. The number of tetrazole rings is 1. The summed E-state index contributed by atoms with van der Waals surface area (Å²) in [7, 11) is 0. The molecule has 0 saturated carbocycles. The molecule has 1 N–H and O–H groups in total. The predicted octanol–water partition coefficient (Wildman–Crippen LogP) is 1.98. The Morgan fingerprint density at radius 2 is 2.28 bits per heavy atom. The molecule has 1 aromatic carbocycles. The summed E-state index contributed by atoms with van der Waals surface area (Å²) in [6.45, 7) is 4.51. The molecule has 0 bridgehead atoms. The van der Waals surface area contributed by atoms with Gasteiger partial charge in [0.05, 0.1) is 13.1 Å². The van der Waals surface area contributed by atoms with Gasteiger partial charge in [0.2, 0.25) is 0 Å². The van der Waals surface area contributed by atoms with Gasteiger partial charge in [0.15, 0.2) is 5.82 Å². The zero-order valence-corrected chi connectivity index (χ0v) is 11.9. The van der Waals surface area contributed by atoms with Crippen LogP contribution in [0.4, 0.5) is 0 Å². The summed E-state index contributed by atoms with van der Waals surface area (Å²) < 4.78 is 2.89. The van der Waals surface area contributed by atoms with Crippen LogP contribution in [0.2, 0.25) is 0 Å². The van der Waals surface area contributed by atoms with E-state index in [1.807, 2.05) is 16.8 Å². The molecule has 5 nitrogen and oxygen atoms in total. The molecular weight excluding hydrogens is 294 g/mol. The van der Waals surface area contributed by atoms with Crippen LogP contribution in [-0.2, 0) is 13.1 Å². The number of aromatic nitrogens is 4. The number of hydrogen-bond donors (Lipinski definition) is 1. The Kier molecular flexibility index (Phi) is 4.83. The second-order valence-corrected chi connectivity index (χ2v) is 4.98. The van der Waals surface area contributed by atoms with Crippen LogP contribution in [-0.4, -0.2) is 26.8 Å². The fourth-order valence-electron chi connectivity index (χ4n) is 1.66. The molecule has 0 radical (unpaired) electrons. The summed E-state index contributed by atoms with van der Waals surface area (Å²) in [6.07, 6.45) is 1.10. The molecule has 2 aromatic rings. The van der Waals surface area contributed by atoms with E-state index >= 15 is 0 Å². The van der Waals surface area contributed by atoms with Gasteiger partial charge in [-0.3, -0.25) is 0 Å². The Labute approximate surface area is 115 Å². The maximum atomic E-state index is 4.03. The Hall–Kier alpha value is -1.27. The highest BCUT2D eigenvalue weighted by Gasteiger charge is 2.06. The van der Waals surface area contributed by atoms with Gasteiger partial charge in [0.25, 0.3) is 0 Å². The SMILES string of the molecule is CCCNCc1nnnn1Cc1cccc(Br)c1. The molecule has 1 heterocycles. The molecule has 96 valence electrons. The average Bonchev–Trinajstić information content (AvgIpc) is 2.77. The van der Waals surface area contributed by atoms with Gasteiger partial charge in [-0.15, -0.1) is 5.10 Å². The highest BCUT2D eigenvalue weighted by atomic mass is 79.9. The smallest absolute Gasteiger partial charge is 0.165 e. The second kappa shape index (κ2) is 6.61. The Balaban J connectivity index is 2.03. The largest absolute Gasteiger partial charge is 0.310 e.